The molecule has 0 aliphatic heterocycles. The summed E-state index contributed by atoms with van der Waals surface area (Å²) < 4.78 is 1.90. The van der Waals surface area contributed by atoms with Crippen molar-refractivity contribution in [1.82, 2.24) is 14.4 Å². The number of thioether (sulfide) groups is 1. The van der Waals surface area contributed by atoms with Gasteiger partial charge in [0.05, 0.1) is 11.8 Å². The normalized spacial score (nSPS) is 10.9. The number of nitrogens with zero attached hydrogens (tertiary/aromatic N) is 3. The van der Waals surface area contributed by atoms with Crippen molar-refractivity contribution in [3.8, 4) is 11.3 Å². The quantitative estimate of drug-likeness (QED) is 0.497. The van der Waals surface area contributed by atoms with Crippen LogP contribution in [0, 0.1) is 0 Å². The molecule has 2 N–H and O–H groups in total. The highest BCUT2D eigenvalue weighted by Gasteiger charge is 2.15. The van der Waals surface area contributed by atoms with Crippen LogP contribution in [0.3, 0.4) is 0 Å². The maximum absolute atomic E-state index is 11.3. The first-order chi connectivity index (χ1) is 13.2. The van der Waals surface area contributed by atoms with Gasteiger partial charge in [0.2, 0.25) is 0 Å². The highest BCUT2D eigenvalue weighted by atomic mass is 32.2. The van der Waals surface area contributed by atoms with E-state index in [-0.39, 0.29) is 5.56 Å². The lowest BCUT2D eigenvalue weighted by Crippen LogP contribution is -2.00. The number of rotatable bonds is 5. The third kappa shape index (κ3) is 3.37. The zero-order valence-corrected chi connectivity index (χ0v) is 15.3. The highest BCUT2D eigenvalue weighted by Crippen LogP contribution is 2.32. The number of carboxylic acid groups (broad SMARTS) is 1. The van der Waals surface area contributed by atoms with Crippen molar-refractivity contribution in [2.24, 2.45) is 0 Å². The van der Waals surface area contributed by atoms with Crippen molar-refractivity contribution in [3.05, 3.63) is 72.7 Å². The average Bonchev–Trinajstić information content (AvgIpc) is 3.07. The second kappa shape index (κ2) is 7.13. The number of carbonyl (C=O) groups is 1. The minimum Gasteiger partial charge on any atom is -0.478 e. The molecule has 7 heteroatoms. The van der Waals surface area contributed by atoms with Crippen LogP contribution in [-0.2, 0) is 0 Å². The summed E-state index contributed by atoms with van der Waals surface area (Å²) in [6.07, 6.45) is 7.24. The first kappa shape index (κ1) is 17.1. The molecule has 0 amide bonds. The van der Waals surface area contributed by atoms with Gasteiger partial charge in [-0.25, -0.2) is 9.78 Å². The molecule has 0 aliphatic rings. The minimum absolute atomic E-state index is 0.223. The van der Waals surface area contributed by atoms with Gasteiger partial charge in [-0.3, -0.25) is 9.38 Å². The summed E-state index contributed by atoms with van der Waals surface area (Å²) in [4.78, 5) is 21.3. The molecular formula is C20H16N4O2S. The Hall–Kier alpha value is -3.32. The molecule has 0 saturated heterocycles. The number of aromatic carboxylic acids is 1. The Morgan fingerprint density at radius 1 is 1.19 bits per heavy atom. The van der Waals surface area contributed by atoms with E-state index in [4.69, 9.17) is 4.98 Å². The summed E-state index contributed by atoms with van der Waals surface area (Å²) in [5.41, 5.74) is 3.35. The van der Waals surface area contributed by atoms with Gasteiger partial charge in [-0.1, -0.05) is 18.2 Å². The number of imidazole rings is 1. The summed E-state index contributed by atoms with van der Waals surface area (Å²) in [6.45, 7) is 0. The maximum atomic E-state index is 11.3. The van der Waals surface area contributed by atoms with Crippen LogP contribution < -0.4 is 5.32 Å². The lowest BCUT2D eigenvalue weighted by molar-refractivity contribution is 0.0697. The molecule has 0 fully saturated rings. The smallest absolute Gasteiger partial charge is 0.335 e. The Kier molecular flexibility index (Phi) is 4.52. The van der Waals surface area contributed by atoms with E-state index < -0.39 is 5.97 Å². The Labute approximate surface area is 159 Å². The molecular weight excluding hydrogens is 360 g/mol. The molecule has 0 atom stereocenters. The monoisotopic (exact) mass is 376 g/mol. The van der Waals surface area contributed by atoms with E-state index >= 15 is 0 Å². The largest absolute Gasteiger partial charge is 0.478 e. The van der Waals surface area contributed by atoms with Gasteiger partial charge in [0.25, 0.3) is 0 Å². The summed E-state index contributed by atoms with van der Waals surface area (Å²) in [6, 6.07) is 14.9. The Morgan fingerprint density at radius 2 is 2.00 bits per heavy atom. The van der Waals surface area contributed by atoms with E-state index in [0.717, 1.165) is 17.1 Å². The van der Waals surface area contributed by atoms with Crippen molar-refractivity contribution >= 4 is 34.9 Å². The molecule has 4 aromatic rings. The fraction of sp³-hybridized carbons (Fsp3) is 0.0500. The van der Waals surface area contributed by atoms with Crippen LogP contribution in [0.25, 0.3) is 16.9 Å². The molecule has 2 aromatic heterocycles. The van der Waals surface area contributed by atoms with E-state index in [1.807, 2.05) is 35.1 Å². The molecule has 27 heavy (non-hydrogen) atoms. The standard InChI is InChI=1S/C20H16N4O2S/c1-27-16-7-5-13(6-8-16)18-19(24-10-9-21-12-17(24)23-18)22-15-4-2-3-14(11-15)20(25)26/h2-12,22H,1H3,(H,25,26). The molecule has 6 nitrogen and oxygen atoms in total. The number of nitrogens with one attached hydrogen (secondary N) is 1. The maximum Gasteiger partial charge on any atom is 0.335 e. The number of aromatic nitrogens is 3. The van der Waals surface area contributed by atoms with E-state index in [2.05, 4.69) is 22.4 Å². The third-order valence-electron chi connectivity index (χ3n) is 4.17. The van der Waals surface area contributed by atoms with Gasteiger partial charge in [-0.15, -0.1) is 11.8 Å². The minimum atomic E-state index is -0.964. The van der Waals surface area contributed by atoms with E-state index in [1.54, 1.807) is 42.4 Å². The predicted octanol–water partition coefficient (Wildman–Crippen LogP) is 4.56. The van der Waals surface area contributed by atoms with Crippen molar-refractivity contribution < 1.29 is 9.90 Å². The SMILES string of the molecule is CSc1ccc(-c2nc3cnccn3c2Nc2cccc(C(=O)O)c2)cc1. The molecule has 0 spiro atoms. The van der Waals surface area contributed by atoms with Gasteiger partial charge in [-0.2, -0.15) is 0 Å². The van der Waals surface area contributed by atoms with Crippen LogP contribution in [0.15, 0.2) is 72.0 Å². The predicted molar refractivity (Wildman–Crippen MR) is 107 cm³/mol. The van der Waals surface area contributed by atoms with E-state index in [9.17, 15) is 9.90 Å². The molecule has 4 rings (SSSR count). The van der Waals surface area contributed by atoms with Crippen LogP contribution in [0.5, 0.6) is 0 Å². The molecule has 0 bridgehead atoms. The topological polar surface area (TPSA) is 79.5 Å². The lowest BCUT2D eigenvalue weighted by atomic mass is 10.1. The van der Waals surface area contributed by atoms with Crippen molar-refractivity contribution in [2.45, 2.75) is 4.90 Å². The first-order valence-electron chi connectivity index (χ1n) is 8.22. The molecule has 0 radical (unpaired) electrons. The van der Waals surface area contributed by atoms with Gasteiger partial charge in [-0.05, 0) is 36.6 Å². The molecule has 0 saturated carbocycles. The van der Waals surface area contributed by atoms with Gasteiger partial charge in [0, 0.05) is 28.5 Å². The third-order valence-corrected chi connectivity index (χ3v) is 4.91. The van der Waals surface area contributed by atoms with Crippen LogP contribution in [0.2, 0.25) is 0 Å². The van der Waals surface area contributed by atoms with Crippen LogP contribution >= 0.6 is 11.8 Å². The Morgan fingerprint density at radius 3 is 2.74 bits per heavy atom. The van der Waals surface area contributed by atoms with Crippen LogP contribution in [0.1, 0.15) is 10.4 Å². The summed E-state index contributed by atoms with van der Waals surface area (Å²) in [7, 11) is 0. The fourth-order valence-electron chi connectivity index (χ4n) is 2.84. The molecule has 134 valence electrons. The van der Waals surface area contributed by atoms with Gasteiger partial charge < -0.3 is 10.4 Å². The van der Waals surface area contributed by atoms with Gasteiger partial charge >= 0.3 is 5.97 Å². The summed E-state index contributed by atoms with van der Waals surface area (Å²) >= 11 is 1.68. The summed E-state index contributed by atoms with van der Waals surface area (Å²) in [5.74, 6) is -0.208. The summed E-state index contributed by atoms with van der Waals surface area (Å²) in [5, 5.41) is 12.6. The molecule has 0 aliphatic carbocycles. The van der Waals surface area contributed by atoms with E-state index in [0.29, 0.717) is 11.3 Å². The van der Waals surface area contributed by atoms with Crippen molar-refractivity contribution in [2.75, 3.05) is 11.6 Å². The fourth-order valence-corrected chi connectivity index (χ4v) is 3.25. The van der Waals surface area contributed by atoms with Gasteiger partial charge in [0.15, 0.2) is 5.65 Å². The molecule has 2 heterocycles. The zero-order chi connectivity index (χ0) is 18.8. The number of fused-ring (bicyclic) bond motifs is 1. The van der Waals surface area contributed by atoms with Gasteiger partial charge in [0.1, 0.15) is 11.5 Å². The lowest BCUT2D eigenvalue weighted by Gasteiger charge is -2.10. The number of hydrogen-bond donors (Lipinski definition) is 2. The number of benzene rings is 2. The van der Waals surface area contributed by atoms with Crippen LogP contribution in [0.4, 0.5) is 11.5 Å². The molecule has 0 unspecified atom stereocenters. The second-order valence-electron chi connectivity index (χ2n) is 5.85. The Balaban J connectivity index is 1.83. The molecule has 2 aromatic carbocycles. The van der Waals surface area contributed by atoms with Crippen molar-refractivity contribution in [1.29, 1.82) is 0 Å². The Bertz CT molecular complexity index is 1120. The van der Waals surface area contributed by atoms with E-state index in [1.165, 1.54) is 4.90 Å². The van der Waals surface area contributed by atoms with Crippen LogP contribution in [-0.4, -0.2) is 31.7 Å². The highest BCUT2D eigenvalue weighted by molar-refractivity contribution is 7.98. The number of carboxylic acids is 1. The van der Waals surface area contributed by atoms with Crippen molar-refractivity contribution in [3.63, 3.8) is 0 Å². The number of anilines is 2. The average molecular weight is 376 g/mol. The second-order valence-corrected chi connectivity index (χ2v) is 6.73. The zero-order valence-electron chi connectivity index (χ0n) is 14.5. The number of hydrogen-bond acceptors (Lipinski definition) is 5. The first-order valence-corrected chi connectivity index (χ1v) is 9.45.